The molecule has 1 unspecified atom stereocenters. The van der Waals surface area contributed by atoms with Gasteiger partial charge in [0.05, 0.1) is 0 Å². The number of rotatable bonds is 6. The molecule has 0 saturated heterocycles. The molecule has 0 amide bonds. The van der Waals surface area contributed by atoms with Crippen LogP contribution in [-0.4, -0.2) is 45.3 Å². The summed E-state index contributed by atoms with van der Waals surface area (Å²) < 4.78 is 89.7. The van der Waals surface area contributed by atoms with E-state index < -0.39 is 73.3 Å². The van der Waals surface area contributed by atoms with Gasteiger partial charge in [-0.3, -0.25) is 4.55 Å². The third-order valence-electron chi connectivity index (χ3n) is 3.96. The summed E-state index contributed by atoms with van der Waals surface area (Å²) in [6, 6.07) is 7.13. The molecule has 0 aliphatic carbocycles. The van der Waals surface area contributed by atoms with E-state index in [1.807, 2.05) is 0 Å². The van der Waals surface area contributed by atoms with Gasteiger partial charge in [-0.1, -0.05) is 0 Å². The number of hydrogen-bond donors (Lipinski definition) is 3. The van der Waals surface area contributed by atoms with Crippen molar-refractivity contribution in [2.45, 2.75) is 9.79 Å². The second-order valence-electron chi connectivity index (χ2n) is 6.06. The second kappa shape index (κ2) is 11.9. The van der Waals surface area contributed by atoms with E-state index in [4.69, 9.17) is 12.4 Å². The molecule has 1 atom stereocenters. The summed E-state index contributed by atoms with van der Waals surface area (Å²) in [4.78, 5) is -1.98. The van der Waals surface area contributed by atoms with Crippen LogP contribution in [-0.2, 0) is 24.0 Å². The molecule has 0 aliphatic heterocycles. The molecule has 0 aromatic heterocycles. The fourth-order valence-electron chi connectivity index (χ4n) is 2.67. The summed E-state index contributed by atoms with van der Waals surface area (Å²) in [6.45, 7) is 0. The maximum absolute atomic E-state index is 12.8. The summed E-state index contributed by atoms with van der Waals surface area (Å²) >= 11 is -4.05. The Morgan fingerprint density at radius 1 is 0.912 bits per heavy atom. The summed E-state index contributed by atoms with van der Waals surface area (Å²) in [7, 11) is -9.98. The fourth-order valence-corrected chi connectivity index (χ4v) is 4.61. The first kappa shape index (κ1) is 31.1. The zero-order valence-corrected chi connectivity index (χ0v) is 25.1. The van der Waals surface area contributed by atoms with Gasteiger partial charge < -0.3 is 0 Å². The largest absolute Gasteiger partial charge is 1.00 e. The second-order valence-corrected chi connectivity index (χ2v) is 10.4. The minimum atomic E-state index is -5.12. The van der Waals surface area contributed by atoms with Crippen LogP contribution in [0.4, 0.5) is 11.4 Å². The van der Waals surface area contributed by atoms with E-state index in [-0.39, 0.29) is 70.6 Å². The van der Waals surface area contributed by atoms with Crippen LogP contribution in [0.15, 0.2) is 62.5 Å². The predicted octanol–water partition coefficient (Wildman–Crippen LogP) is -5.58. The molecule has 3 aromatic rings. The summed E-state index contributed by atoms with van der Waals surface area (Å²) in [5.41, 5.74) is -1.15. The van der Waals surface area contributed by atoms with Crippen LogP contribution in [0.25, 0.3) is 10.8 Å². The molecule has 0 fully saturated rings. The van der Waals surface area contributed by atoms with Gasteiger partial charge in [0.1, 0.15) is 0 Å². The minimum Gasteiger partial charge on any atom is 1.00 e. The fraction of sp³-hybridized carbons (Fsp3) is 0. The van der Waals surface area contributed by atoms with Crippen LogP contribution in [0.1, 0.15) is 0 Å². The maximum Gasteiger partial charge on any atom is 1.00 e. The van der Waals surface area contributed by atoms with Crippen molar-refractivity contribution in [2.75, 3.05) is 0 Å². The molecule has 0 bridgehead atoms. The Balaban J connectivity index is 0.00000289. The van der Waals surface area contributed by atoms with Crippen LogP contribution in [0, 0.1) is 0 Å². The van der Waals surface area contributed by atoms with Crippen molar-refractivity contribution in [3.05, 3.63) is 42.5 Å². The molecule has 170 valence electrons. The first-order chi connectivity index (χ1) is 14.8. The van der Waals surface area contributed by atoms with Crippen LogP contribution < -0.4 is 73.1 Å². The van der Waals surface area contributed by atoms with E-state index in [0.717, 1.165) is 0 Å². The molecule has 3 aromatic carbocycles. The molecule has 13 nitrogen and oxygen atoms in total. The summed E-state index contributed by atoms with van der Waals surface area (Å²) in [5, 5.41) is 31.0. The Morgan fingerprint density at radius 2 is 1.53 bits per heavy atom. The smallest absolute Gasteiger partial charge is 1.00 e. The number of azo groups is 1. The third-order valence-corrected chi connectivity index (χ3v) is 6.49. The van der Waals surface area contributed by atoms with E-state index in [1.165, 1.54) is 24.3 Å². The minimum absolute atomic E-state index is 0. The molecule has 3 N–H and O–H groups in total. The normalized spacial score (nSPS) is 12.7. The van der Waals surface area contributed by atoms with E-state index >= 15 is 0 Å². The SMILES string of the molecule is O=[AsH](O)Oc1ccccc1N=Nc1c(S(=O)(=O)O)cc2cc(S(=O)(=O)O)cc([O-])c2c1[O-].[Na+].[Na+]. The summed E-state index contributed by atoms with van der Waals surface area (Å²) in [5.74, 6) is -2.67. The van der Waals surface area contributed by atoms with Gasteiger partial charge in [0.25, 0.3) is 0 Å². The Bertz CT molecular complexity index is 1510. The van der Waals surface area contributed by atoms with E-state index in [2.05, 4.69) is 10.2 Å². The molecular formula is C16H11AsN2Na2O11S2. The van der Waals surface area contributed by atoms with Gasteiger partial charge in [-0.05, 0) is 0 Å². The molecular weight excluding hydrogens is 581 g/mol. The Morgan fingerprint density at radius 3 is 2.09 bits per heavy atom. The molecule has 18 heteroatoms. The van der Waals surface area contributed by atoms with Crippen molar-refractivity contribution in [1.82, 2.24) is 0 Å². The van der Waals surface area contributed by atoms with Gasteiger partial charge in [0.2, 0.25) is 0 Å². The van der Waals surface area contributed by atoms with Gasteiger partial charge in [-0.15, -0.1) is 0 Å². The Kier molecular flexibility index (Phi) is 10.8. The standard InChI is InChI=1S/C16H13AsN2O11S2.2Na/c20-11-7-9(31(24,25)26)5-8-6-13(32(27,28)29)15(16(21)14(8)11)19-18-10-3-1-2-4-12(10)30-17(22)23;;/h1-7,17,20-21H,(H,22,23)(H,24,25,26)(H,27,28,29);;/q;2*+1/p-2. The molecule has 3 rings (SSSR count). The van der Waals surface area contributed by atoms with Gasteiger partial charge in [0.15, 0.2) is 0 Å². The molecule has 0 radical (unpaired) electrons. The number of benzene rings is 3. The quantitative estimate of drug-likeness (QED) is 0.139. The van der Waals surface area contributed by atoms with Gasteiger partial charge in [-0.2, -0.15) is 8.42 Å². The predicted molar refractivity (Wildman–Crippen MR) is 104 cm³/mol. The van der Waals surface area contributed by atoms with Crippen molar-refractivity contribution >= 4 is 57.7 Å². The summed E-state index contributed by atoms with van der Waals surface area (Å²) in [6.07, 6.45) is 0. The maximum atomic E-state index is 12.8. The van der Waals surface area contributed by atoms with Crippen LogP contribution in [0.2, 0.25) is 0 Å². The van der Waals surface area contributed by atoms with Crippen molar-refractivity contribution in [3.63, 3.8) is 0 Å². The van der Waals surface area contributed by atoms with Crippen molar-refractivity contribution in [2.24, 2.45) is 10.2 Å². The topological polar surface area (TPSA) is 226 Å². The average Bonchev–Trinajstić information content (AvgIpc) is 2.65. The molecule has 0 spiro atoms. The third kappa shape index (κ3) is 7.06. The van der Waals surface area contributed by atoms with Crippen molar-refractivity contribution < 1.29 is 107 Å². The zero-order valence-electron chi connectivity index (χ0n) is 17.4. The van der Waals surface area contributed by atoms with Gasteiger partial charge >= 0.3 is 231 Å². The van der Waals surface area contributed by atoms with Crippen LogP contribution in [0.3, 0.4) is 0 Å². The van der Waals surface area contributed by atoms with E-state index in [1.54, 1.807) is 0 Å². The van der Waals surface area contributed by atoms with Crippen LogP contribution >= 0.6 is 0 Å². The van der Waals surface area contributed by atoms with Crippen molar-refractivity contribution in [3.8, 4) is 17.2 Å². The molecule has 0 aliphatic rings. The monoisotopic (exact) mass is 592 g/mol. The van der Waals surface area contributed by atoms with E-state index in [0.29, 0.717) is 18.2 Å². The average molecular weight is 592 g/mol. The van der Waals surface area contributed by atoms with E-state index in [9.17, 15) is 35.3 Å². The van der Waals surface area contributed by atoms with Gasteiger partial charge in [0, 0.05) is 0 Å². The first-order valence-electron chi connectivity index (χ1n) is 8.14. The van der Waals surface area contributed by atoms with Crippen LogP contribution in [0.5, 0.6) is 17.2 Å². The Hall–Kier alpha value is -0.942. The molecule has 0 heterocycles. The Labute approximate surface area is 241 Å². The van der Waals surface area contributed by atoms with Gasteiger partial charge in [-0.25, -0.2) is 0 Å². The number of fused-ring (bicyclic) bond motifs is 1. The first-order valence-corrected chi connectivity index (χ1v) is 13.7. The number of nitrogens with zero attached hydrogens (tertiary/aromatic N) is 2. The zero-order chi connectivity index (χ0) is 23.8. The number of para-hydroxylation sites is 1. The van der Waals surface area contributed by atoms with Crippen molar-refractivity contribution in [1.29, 1.82) is 0 Å². The molecule has 0 saturated carbocycles. The number of hydrogen-bond acceptors (Lipinski definition) is 10. The molecule has 34 heavy (non-hydrogen) atoms.